The van der Waals surface area contributed by atoms with E-state index >= 15 is 0 Å². The molecule has 2 aliphatic rings. The van der Waals surface area contributed by atoms with Crippen molar-refractivity contribution in [2.45, 2.75) is 45.2 Å². The first-order chi connectivity index (χ1) is 10.2. The molecule has 0 N–H and O–H groups in total. The summed E-state index contributed by atoms with van der Waals surface area (Å²) in [5.41, 5.74) is 1.43. The van der Waals surface area contributed by atoms with Crippen molar-refractivity contribution < 1.29 is 0 Å². The zero-order chi connectivity index (χ0) is 14.7. The summed E-state index contributed by atoms with van der Waals surface area (Å²) in [6, 6.07) is 9.63. The molecule has 1 heterocycles. The SMILES string of the molecule is C[C@@H]1CCC[C@@H](N2CCN(Cc3ccc(Br)cc3)CC2)C1. The summed E-state index contributed by atoms with van der Waals surface area (Å²) in [4.78, 5) is 5.36. The number of hydrogen-bond donors (Lipinski definition) is 0. The average Bonchev–Trinajstić information content (AvgIpc) is 2.50. The lowest BCUT2D eigenvalue weighted by molar-refractivity contribution is 0.0659. The Hall–Kier alpha value is -0.380. The number of rotatable bonds is 3. The molecule has 0 unspecified atom stereocenters. The van der Waals surface area contributed by atoms with Gasteiger partial charge < -0.3 is 0 Å². The van der Waals surface area contributed by atoms with E-state index in [0.29, 0.717) is 0 Å². The zero-order valence-corrected chi connectivity index (χ0v) is 14.7. The van der Waals surface area contributed by atoms with Crippen molar-refractivity contribution in [3.63, 3.8) is 0 Å². The molecule has 2 fully saturated rings. The van der Waals surface area contributed by atoms with Crippen LogP contribution in [0.5, 0.6) is 0 Å². The van der Waals surface area contributed by atoms with E-state index in [-0.39, 0.29) is 0 Å². The minimum absolute atomic E-state index is 0.864. The first kappa shape index (κ1) is 15.5. The first-order valence-electron chi connectivity index (χ1n) is 8.41. The molecule has 0 aromatic heterocycles. The van der Waals surface area contributed by atoms with Crippen LogP contribution in [0.25, 0.3) is 0 Å². The van der Waals surface area contributed by atoms with Crippen LogP contribution >= 0.6 is 15.9 Å². The van der Waals surface area contributed by atoms with E-state index in [9.17, 15) is 0 Å². The molecule has 0 radical (unpaired) electrons. The Morgan fingerprint density at radius 2 is 1.76 bits per heavy atom. The predicted octanol–water partition coefficient (Wildman–Crippen LogP) is 4.15. The molecule has 0 spiro atoms. The summed E-state index contributed by atoms with van der Waals surface area (Å²) in [6.45, 7) is 8.49. The third-order valence-corrected chi connectivity index (χ3v) is 5.68. The Bertz CT molecular complexity index is 437. The minimum Gasteiger partial charge on any atom is -0.298 e. The maximum atomic E-state index is 3.51. The molecule has 0 bridgehead atoms. The maximum absolute atomic E-state index is 3.51. The van der Waals surface area contributed by atoms with Gasteiger partial charge in [0.05, 0.1) is 0 Å². The van der Waals surface area contributed by atoms with Gasteiger partial charge >= 0.3 is 0 Å². The van der Waals surface area contributed by atoms with Gasteiger partial charge in [-0.15, -0.1) is 0 Å². The van der Waals surface area contributed by atoms with Crippen LogP contribution in [0.1, 0.15) is 38.2 Å². The molecule has 3 rings (SSSR count). The molecule has 1 aliphatic carbocycles. The fourth-order valence-electron chi connectivity index (χ4n) is 3.87. The van der Waals surface area contributed by atoms with E-state index in [2.05, 4.69) is 56.9 Å². The molecular formula is C18H27BrN2. The lowest BCUT2D eigenvalue weighted by Crippen LogP contribution is -2.50. The third kappa shape index (κ3) is 4.30. The van der Waals surface area contributed by atoms with E-state index in [1.54, 1.807) is 0 Å². The van der Waals surface area contributed by atoms with Gasteiger partial charge in [-0.05, 0) is 36.5 Å². The summed E-state index contributed by atoms with van der Waals surface area (Å²) >= 11 is 3.51. The molecule has 2 atom stereocenters. The van der Waals surface area contributed by atoms with Gasteiger partial charge in [-0.2, -0.15) is 0 Å². The second-order valence-electron chi connectivity index (χ2n) is 6.86. The third-order valence-electron chi connectivity index (χ3n) is 5.15. The van der Waals surface area contributed by atoms with Crippen molar-refractivity contribution in [2.75, 3.05) is 26.2 Å². The zero-order valence-electron chi connectivity index (χ0n) is 13.1. The fraction of sp³-hybridized carbons (Fsp3) is 0.667. The van der Waals surface area contributed by atoms with Crippen LogP contribution in [0.2, 0.25) is 0 Å². The summed E-state index contributed by atoms with van der Waals surface area (Å²) in [5.74, 6) is 0.935. The lowest BCUT2D eigenvalue weighted by Gasteiger charge is -2.42. The molecular weight excluding hydrogens is 324 g/mol. The molecule has 1 aromatic rings. The molecule has 2 nitrogen and oxygen atoms in total. The van der Waals surface area contributed by atoms with Crippen molar-refractivity contribution in [1.29, 1.82) is 0 Å². The molecule has 1 saturated carbocycles. The van der Waals surface area contributed by atoms with E-state index in [1.165, 1.54) is 61.9 Å². The monoisotopic (exact) mass is 350 g/mol. The Kier molecular flexibility index (Phi) is 5.36. The number of halogens is 1. The topological polar surface area (TPSA) is 6.48 Å². The highest BCUT2D eigenvalue weighted by Crippen LogP contribution is 2.28. The summed E-state index contributed by atoms with van der Waals surface area (Å²) in [6.07, 6.45) is 5.73. The van der Waals surface area contributed by atoms with Gasteiger partial charge in [0.25, 0.3) is 0 Å². The van der Waals surface area contributed by atoms with E-state index in [4.69, 9.17) is 0 Å². The standard InChI is InChI=1S/C18H27BrN2/c1-15-3-2-4-18(13-15)21-11-9-20(10-12-21)14-16-5-7-17(19)8-6-16/h5-8,15,18H,2-4,9-14H2,1H3/t15-,18-/m1/s1. The van der Waals surface area contributed by atoms with Gasteiger partial charge in [0.1, 0.15) is 0 Å². The van der Waals surface area contributed by atoms with Crippen LogP contribution < -0.4 is 0 Å². The molecule has 21 heavy (non-hydrogen) atoms. The van der Waals surface area contributed by atoms with Gasteiger partial charge in [-0.1, -0.05) is 47.8 Å². The largest absolute Gasteiger partial charge is 0.298 e. The number of piperazine rings is 1. The molecule has 0 amide bonds. The molecule has 3 heteroatoms. The second-order valence-corrected chi connectivity index (χ2v) is 7.78. The molecule has 1 aliphatic heterocycles. The predicted molar refractivity (Wildman–Crippen MR) is 92.4 cm³/mol. The number of nitrogens with zero attached hydrogens (tertiary/aromatic N) is 2. The van der Waals surface area contributed by atoms with Gasteiger partial charge in [-0.25, -0.2) is 0 Å². The highest BCUT2D eigenvalue weighted by molar-refractivity contribution is 9.10. The Morgan fingerprint density at radius 3 is 2.43 bits per heavy atom. The first-order valence-corrected chi connectivity index (χ1v) is 9.21. The smallest absolute Gasteiger partial charge is 0.0234 e. The Morgan fingerprint density at radius 1 is 1.05 bits per heavy atom. The van der Waals surface area contributed by atoms with Crippen molar-refractivity contribution in [3.8, 4) is 0 Å². The number of hydrogen-bond acceptors (Lipinski definition) is 2. The minimum atomic E-state index is 0.864. The second kappa shape index (κ2) is 7.26. The Labute approximate surface area is 137 Å². The van der Waals surface area contributed by atoms with Crippen LogP contribution in [0.3, 0.4) is 0 Å². The highest BCUT2D eigenvalue weighted by Gasteiger charge is 2.27. The number of benzene rings is 1. The van der Waals surface area contributed by atoms with Crippen LogP contribution in [-0.4, -0.2) is 42.0 Å². The fourth-order valence-corrected chi connectivity index (χ4v) is 4.13. The van der Waals surface area contributed by atoms with Crippen molar-refractivity contribution in [2.24, 2.45) is 5.92 Å². The van der Waals surface area contributed by atoms with Crippen LogP contribution in [0.4, 0.5) is 0 Å². The van der Waals surface area contributed by atoms with Crippen LogP contribution in [0.15, 0.2) is 28.7 Å². The van der Waals surface area contributed by atoms with E-state index in [0.717, 1.165) is 18.5 Å². The van der Waals surface area contributed by atoms with Gasteiger partial charge in [0.15, 0.2) is 0 Å². The quantitative estimate of drug-likeness (QED) is 0.807. The highest BCUT2D eigenvalue weighted by atomic mass is 79.9. The average molecular weight is 351 g/mol. The van der Waals surface area contributed by atoms with E-state index < -0.39 is 0 Å². The van der Waals surface area contributed by atoms with E-state index in [1.807, 2.05) is 0 Å². The summed E-state index contributed by atoms with van der Waals surface area (Å²) in [7, 11) is 0. The lowest BCUT2D eigenvalue weighted by atomic mass is 9.86. The summed E-state index contributed by atoms with van der Waals surface area (Å²) in [5, 5.41) is 0. The van der Waals surface area contributed by atoms with Crippen LogP contribution in [0, 0.1) is 5.92 Å². The molecule has 1 saturated heterocycles. The summed E-state index contributed by atoms with van der Waals surface area (Å²) < 4.78 is 1.17. The van der Waals surface area contributed by atoms with Crippen molar-refractivity contribution in [3.05, 3.63) is 34.3 Å². The van der Waals surface area contributed by atoms with Gasteiger partial charge in [0.2, 0.25) is 0 Å². The van der Waals surface area contributed by atoms with Gasteiger partial charge in [0, 0.05) is 43.2 Å². The molecule has 1 aromatic carbocycles. The van der Waals surface area contributed by atoms with Crippen LogP contribution in [-0.2, 0) is 6.54 Å². The van der Waals surface area contributed by atoms with Gasteiger partial charge in [-0.3, -0.25) is 9.80 Å². The van der Waals surface area contributed by atoms with Crippen molar-refractivity contribution in [1.82, 2.24) is 9.80 Å². The Balaban J connectivity index is 1.47. The molecule has 116 valence electrons. The normalized spacial score (nSPS) is 28.7. The van der Waals surface area contributed by atoms with Crippen molar-refractivity contribution >= 4 is 15.9 Å². The maximum Gasteiger partial charge on any atom is 0.0234 e.